The average Bonchev–Trinajstić information content (AvgIpc) is 3.14. The molecule has 2 aromatic rings. The van der Waals surface area contributed by atoms with Gasteiger partial charge in [-0.1, -0.05) is 24.3 Å². The molecule has 3 rings (SSSR count). The highest BCUT2D eigenvalue weighted by Gasteiger charge is 2.22. The molecule has 5 heteroatoms. The number of ether oxygens (including phenoxy) is 1. The van der Waals surface area contributed by atoms with Gasteiger partial charge in [0.15, 0.2) is 5.96 Å². The lowest BCUT2D eigenvalue weighted by Crippen LogP contribution is -2.33. The van der Waals surface area contributed by atoms with Gasteiger partial charge in [0.1, 0.15) is 5.75 Å². The Hall–Kier alpha value is -2.01. The molecule has 3 N–H and O–H groups in total. The zero-order valence-corrected chi connectivity index (χ0v) is 12.6. The van der Waals surface area contributed by atoms with Gasteiger partial charge in [-0.15, -0.1) is 11.3 Å². The number of nitrogens with two attached hydrogens (primary N) is 1. The molecule has 0 saturated heterocycles. The van der Waals surface area contributed by atoms with E-state index in [0.717, 1.165) is 18.7 Å². The molecule has 1 aromatic carbocycles. The van der Waals surface area contributed by atoms with E-state index in [0.29, 0.717) is 25.0 Å². The first-order chi connectivity index (χ1) is 10.3. The Bertz CT molecular complexity index is 610. The highest BCUT2D eigenvalue weighted by Crippen LogP contribution is 2.33. The van der Waals surface area contributed by atoms with Crippen molar-refractivity contribution in [3.63, 3.8) is 0 Å². The summed E-state index contributed by atoms with van der Waals surface area (Å²) in [6, 6.07) is 12.3. The molecule has 0 bridgehead atoms. The van der Waals surface area contributed by atoms with Gasteiger partial charge in [-0.3, -0.25) is 4.99 Å². The lowest BCUT2D eigenvalue weighted by molar-refractivity contribution is 0.333. The predicted octanol–water partition coefficient (Wildman–Crippen LogP) is 2.37. The molecule has 1 atom stereocenters. The van der Waals surface area contributed by atoms with Gasteiger partial charge in [-0.05, 0) is 23.9 Å². The number of thiophene rings is 1. The molecular formula is C16H19N3OS. The second-order valence-electron chi connectivity index (χ2n) is 5.03. The molecule has 0 saturated carbocycles. The largest absolute Gasteiger partial charge is 0.493 e. The van der Waals surface area contributed by atoms with Crippen LogP contribution in [-0.2, 0) is 6.42 Å². The summed E-state index contributed by atoms with van der Waals surface area (Å²) in [5, 5.41) is 5.25. The highest BCUT2D eigenvalue weighted by atomic mass is 32.1. The van der Waals surface area contributed by atoms with Crippen LogP contribution in [0.1, 0.15) is 16.4 Å². The molecular weight excluding hydrogens is 282 g/mol. The molecule has 1 aliphatic rings. The summed E-state index contributed by atoms with van der Waals surface area (Å²) in [7, 11) is 0. The van der Waals surface area contributed by atoms with Crippen LogP contribution in [-0.4, -0.2) is 25.7 Å². The molecule has 0 radical (unpaired) electrons. The van der Waals surface area contributed by atoms with Crippen molar-refractivity contribution in [3.8, 4) is 5.75 Å². The molecule has 0 amide bonds. The minimum Gasteiger partial charge on any atom is -0.493 e. The summed E-state index contributed by atoms with van der Waals surface area (Å²) in [6.45, 7) is 2.16. The fourth-order valence-corrected chi connectivity index (χ4v) is 3.12. The summed E-state index contributed by atoms with van der Waals surface area (Å²) in [4.78, 5) is 5.79. The van der Waals surface area contributed by atoms with Crippen molar-refractivity contribution in [1.82, 2.24) is 5.32 Å². The van der Waals surface area contributed by atoms with Crippen molar-refractivity contribution in [2.45, 2.75) is 12.3 Å². The lowest BCUT2D eigenvalue weighted by Gasteiger charge is -2.08. The Balaban J connectivity index is 1.47. The Morgan fingerprint density at radius 3 is 3.10 bits per heavy atom. The van der Waals surface area contributed by atoms with E-state index in [1.807, 2.05) is 18.2 Å². The first-order valence-corrected chi connectivity index (χ1v) is 7.99. The van der Waals surface area contributed by atoms with E-state index >= 15 is 0 Å². The molecule has 0 fully saturated rings. The third-order valence-electron chi connectivity index (χ3n) is 3.54. The number of nitrogens with one attached hydrogen (secondary N) is 1. The van der Waals surface area contributed by atoms with Crippen LogP contribution in [0.5, 0.6) is 5.75 Å². The smallest absolute Gasteiger partial charge is 0.188 e. The molecule has 1 aromatic heterocycles. The third-order valence-corrected chi connectivity index (χ3v) is 4.47. The fraction of sp³-hybridized carbons (Fsp3) is 0.312. The van der Waals surface area contributed by atoms with Crippen LogP contribution in [0.15, 0.2) is 46.8 Å². The van der Waals surface area contributed by atoms with Crippen molar-refractivity contribution in [2.24, 2.45) is 10.7 Å². The normalized spacial score (nSPS) is 17.3. The molecule has 1 unspecified atom stereocenters. The summed E-state index contributed by atoms with van der Waals surface area (Å²) >= 11 is 1.76. The second-order valence-corrected chi connectivity index (χ2v) is 6.06. The Labute approximate surface area is 128 Å². The number of aliphatic imine (C=N–C) groups is 1. The van der Waals surface area contributed by atoms with Gasteiger partial charge >= 0.3 is 0 Å². The number of fused-ring (bicyclic) bond motifs is 1. The van der Waals surface area contributed by atoms with Gasteiger partial charge in [0, 0.05) is 22.9 Å². The average molecular weight is 301 g/mol. The zero-order chi connectivity index (χ0) is 14.5. The van der Waals surface area contributed by atoms with Gasteiger partial charge in [-0.25, -0.2) is 0 Å². The van der Waals surface area contributed by atoms with E-state index in [1.54, 1.807) is 11.3 Å². The second kappa shape index (κ2) is 6.63. The summed E-state index contributed by atoms with van der Waals surface area (Å²) < 4.78 is 5.64. The number of hydrogen-bond donors (Lipinski definition) is 2. The number of hydrogen-bond acceptors (Lipinski definition) is 3. The number of rotatable bonds is 5. The van der Waals surface area contributed by atoms with E-state index < -0.39 is 0 Å². The Morgan fingerprint density at radius 2 is 2.24 bits per heavy atom. The van der Waals surface area contributed by atoms with E-state index in [4.69, 9.17) is 10.5 Å². The van der Waals surface area contributed by atoms with Gasteiger partial charge in [0.25, 0.3) is 0 Å². The topological polar surface area (TPSA) is 59.6 Å². The first-order valence-electron chi connectivity index (χ1n) is 7.11. The number of nitrogens with zero attached hydrogens (tertiary/aromatic N) is 1. The monoisotopic (exact) mass is 301 g/mol. The summed E-state index contributed by atoms with van der Waals surface area (Å²) in [6.07, 6.45) is 0.975. The Morgan fingerprint density at radius 1 is 1.33 bits per heavy atom. The summed E-state index contributed by atoms with van der Waals surface area (Å²) in [5.74, 6) is 1.79. The maximum absolute atomic E-state index is 5.91. The van der Waals surface area contributed by atoms with Crippen LogP contribution < -0.4 is 15.8 Å². The number of benzene rings is 1. The minimum absolute atomic E-state index is 0.304. The van der Waals surface area contributed by atoms with Crippen LogP contribution in [0.25, 0.3) is 0 Å². The van der Waals surface area contributed by atoms with Crippen molar-refractivity contribution >= 4 is 17.3 Å². The molecule has 1 aliphatic heterocycles. The SMILES string of the molecule is NC(=NCC1COc2ccccc21)NCCc1cccs1. The fourth-order valence-electron chi connectivity index (χ4n) is 2.41. The van der Waals surface area contributed by atoms with E-state index in [9.17, 15) is 0 Å². The molecule has 21 heavy (non-hydrogen) atoms. The first kappa shape index (κ1) is 13.9. The van der Waals surface area contributed by atoms with E-state index in [2.05, 4.69) is 33.9 Å². The van der Waals surface area contributed by atoms with Crippen LogP contribution >= 0.6 is 11.3 Å². The molecule has 2 heterocycles. The number of para-hydroxylation sites is 1. The standard InChI is InChI=1S/C16H19N3OS/c17-16(18-8-7-13-4-3-9-21-13)19-10-12-11-20-15-6-2-1-5-14(12)15/h1-6,9,12H,7-8,10-11H2,(H3,17,18,19). The maximum atomic E-state index is 5.91. The van der Waals surface area contributed by atoms with Gasteiger partial charge in [0.05, 0.1) is 13.2 Å². The van der Waals surface area contributed by atoms with Crippen LogP contribution in [0.4, 0.5) is 0 Å². The molecule has 110 valence electrons. The highest BCUT2D eigenvalue weighted by molar-refractivity contribution is 7.09. The van der Waals surface area contributed by atoms with E-state index in [1.165, 1.54) is 10.4 Å². The molecule has 0 spiro atoms. The van der Waals surface area contributed by atoms with Gasteiger partial charge in [0.2, 0.25) is 0 Å². The van der Waals surface area contributed by atoms with Gasteiger partial charge < -0.3 is 15.8 Å². The summed E-state index contributed by atoms with van der Waals surface area (Å²) in [5.41, 5.74) is 7.14. The third kappa shape index (κ3) is 3.55. The van der Waals surface area contributed by atoms with Crippen molar-refractivity contribution in [2.75, 3.05) is 19.7 Å². The number of guanidine groups is 1. The lowest BCUT2D eigenvalue weighted by atomic mass is 10.0. The Kier molecular flexibility index (Phi) is 4.40. The predicted molar refractivity (Wildman–Crippen MR) is 87.2 cm³/mol. The van der Waals surface area contributed by atoms with Crippen molar-refractivity contribution in [1.29, 1.82) is 0 Å². The maximum Gasteiger partial charge on any atom is 0.188 e. The van der Waals surface area contributed by atoms with Crippen molar-refractivity contribution < 1.29 is 4.74 Å². The quantitative estimate of drug-likeness (QED) is 0.658. The van der Waals surface area contributed by atoms with E-state index in [-0.39, 0.29) is 0 Å². The molecule has 0 aliphatic carbocycles. The van der Waals surface area contributed by atoms with Crippen LogP contribution in [0.3, 0.4) is 0 Å². The van der Waals surface area contributed by atoms with Crippen molar-refractivity contribution in [3.05, 3.63) is 52.2 Å². The zero-order valence-electron chi connectivity index (χ0n) is 11.8. The van der Waals surface area contributed by atoms with Gasteiger partial charge in [-0.2, -0.15) is 0 Å². The minimum atomic E-state index is 0.304. The molecule has 4 nitrogen and oxygen atoms in total. The van der Waals surface area contributed by atoms with Crippen LogP contribution in [0.2, 0.25) is 0 Å². The van der Waals surface area contributed by atoms with Crippen LogP contribution in [0, 0.1) is 0 Å².